The van der Waals surface area contributed by atoms with E-state index < -0.39 is 4.92 Å². The Balaban J connectivity index is 1.88. The van der Waals surface area contributed by atoms with E-state index in [4.69, 9.17) is 4.74 Å². The molecule has 0 saturated heterocycles. The average molecular weight is 354 g/mol. The highest BCUT2D eigenvalue weighted by atomic mass is 16.6. The summed E-state index contributed by atoms with van der Waals surface area (Å²) in [6.07, 6.45) is 1.71. The smallest absolute Gasteiger partial charge is 0.270 e. The SMILES string of the molecule is Cc1nc2cc(Oc3ccc([N+](=O)[O-])cc3)ccn2c1C(=O)NC(C)C. The molecule has 0 aliphatic rings. The molecule has 0 spiro atoms. The second-order valence-electron chi connectivity index (χ2n) is 6.12. The number of ether oxygens (including phenoxy) is 1. The van der Waals surface area contributed by atoms with Crippen LogP contribution in [-0.2, 0) is 0 Å². The summed E-state index contributed by atoms with van der Waals surface area (Å²) < 4.78 is 7.42. The molecule has 1 amide bonds. The van der Waals surface area contributed by atoms with Crippen molar-refractivity contribution in [3.8, 4) is 11.5 Å². The van der Waals surface area contributed by atoms with Gasteiger partial charge in [0.15, 0.2) is 0 Å². The summed E-state index contributed by atoms with van der Waals surface area (Å²) >= 11 is 0. The number of carbonyl (C=O) groups is 1. The molecule has 3 aromatic rings. The predicted molar refractivity (Wildman–Crippen MR) is 95.7 cm³/mol. The van der Waals surface area contributed by atoms with Crippen molar-refractivity contribution < 1.29 is 14.5 Å². The third-order valence-corrected chi connectivity index (χ3v) is 3.69. The molecule has 0 unspecified atom stereocenters. The number of aryl methyl sites for hydroxylation is 1. The molecule has 2 aromatic heterocycles. The summed E-state index contributed by atoms with van der Waals surface area (Å²) in [5.41, 5.74) is 1.68. The van der Waals surface area contributed by atoms with Crippen LogP contribution in [0.5, 0.6) is 11.5 Å². The van der Waals surface area contributed by atoms with Gasteiger partial charge in [0, 0.05) is 30.4 Å². The fourth-order valence-corrected chi connectivity index (χ4v) is 2.58. The van der Waals surface area contributed by atoms with E-state index in [2.05, 4.69) is 10.3 Å². The molecule has 0 radical (unpaired) electrons. The van der Waals surface area contributed by atoms with Crippen molar-refractivity contribution in [1.82, 2.24) is 14.7 Å². The molecule has 0 fully saturated rings. The molecule has 0 aliphatic carbocycles. The monoisotopic (exact) mass is 354 g/mol. The van der Waals surface area contributed by atoms with Crippen LogP contribution in [0.3, 0.4) is 0 Å². The molecular weight excluding hydrogens is 336 g/mol. The number of aromatic nitrogens is 2. The first kappa shape index (κ1) is 17.4. The summed E-state index contributed by atoms with van der Waals surface area (Å²) in [6.45, 7) is 5.57. The minimum absolute atomic E-state index is 0.00232. The first-order valence-corrected chi connectivity index (χ1v) is 8.07. The molecular formula is C18H18N4O4. The van der Waals surface area contributed by atoms with Gasteiger partial charge in [-0.1, -0.05) is 0 Å². The van der Waals surface area contributed by atoms with Crippen LogP contribution < -0.4 is 10.1 Å². The van der Waals surface area contributed by atoms with Crippen molar-refractivity contribution in [2.75, 3.05) is 0 Å². The van der Waals surface area contributed by atoms with Crippen molar-refractivity contribution in [1.29, 1.82) is 0 Å². The number of hydrogen-bond donors (Lipinski definition) is 1. The Morgan fingerprint density at radius 2 is 1.92 bits per heavy atom. The molecule has 2 heterocycles. The van der Waals surface area contributed by atoms with E-state index >= 15 is 0 Å². The number of non-ortho nitro benzene ring substituents is 1. The number of nitrogens with one attached hydrogen (secondary N) is 1. The van der Waals surface area contributed by atoms with E-state index in [0.717, 1.165) is 0 Å². The number of imidazole rings is 1. The second kappa shape index (κ2) is 6.83. The van der Waals surface area contributed by atoms with Gasteiger partial charge < -0.3 is 10.1 Å². The fourth-order valence-electron chi connectivity index (χ4n) is 2.58. The normalized spacial score (nSPS) is 10.9. The summed E-state index contributed by atoms with van der Waals surface area (Å²) in [4.78, 5) is 27.0. The van der Waals surface area contributed by atoms with Gasteiger partial charge in [-0.2, -0.15) is 0 Å². The number of amides is 1. The Labute approximate surface area is 149 Å². The van der Waals surface area contributed by atoms with Crippen LogP contribution >= 0.6 is 0 Å². The standard InChI is InChI=1S/C18H18N4O4/c1-11(2)19-18(23)17-12(3)20-16-10-15(8-9-21(16)17)26-14-6-4-13(5-7-14)22(24)25/h4-11H,1-3H3,(H,19,23). The molecule has 0 aliphatic heterocycles. The average Bonchev–Trinajstić information content (AvgIpc) is 2.89. The van der Waals surface area contributed by atoms with Crippen LogP contribution in [0.2, 0.25) is 0 Å². The highest BCUT2D eigenvalue weighted by Crippen LogP contribution is 2.25. The first-order valence-electron chi connectivity index (χ1n) is 8.07. The maximum Gasteiger partial charge on any atom is 0.270 e. The molecule has 8 heteroatoms. The molecule has 134 valence electrons. The van der Waals surface area contributed by atoms with Crippen molar-refractivity contribution >= 4 is 17.2 Å². The lowest BCUT2D eigenvalue weighted by Gasteiger charge is -2.09. The topological polar surface area (TPSA) is 98.8 Å². The predicted octanol–water partition coefficient (Wildman–Crippen LogP) is 3.48. The van der Waals surface area contributed by atoms with Gasteiger partial charge in [0.25, 0.3) is 11.6 Å². The number of rotatable bonds is 5. The number of pyridine rings is 1. The lowest BCUT2D eigenvalue weighted by atomic mass is 10.3. The quantitative estimate of drug-likeness (QED) is 0.558. The number of fused-ring (bicyclic) bond motifs is 1. The van der Waals surface area contributed by atoms with Crippen LogP contribution in [0.4, 0.5) is 5.69 Å². The zero-order chi connectivity index (χ0) is 18.8. The highest BCUT2D eigenvalue weighted by Gasteiger charge is 2.17. The van der Waals surface area contributed by atoms with Gasteiger partial charge in [0.2, 0.25) is 0 Å². The van der Waals surface area contributed by atoms with E-state index in [1.807, 2.05) is 13.8 Å². The first-order chi connectivity index (χ1) is 12.3. The maximum atomic E-state index is 12.4. The Morgan fingerprint density at radius 1 is 1.23 bits per heavy atom. The molecule has 1 aromatic carbocycles. The van der Waals surface area contributed by atoms with E-state index in [1.54, 1.807) is 29.7 Å². The minimum atomic E-state index is -0.465. The number of carbonyl (C=O) groups excluding carboxylic acids is 1. The molecule has 8 nitrogen and oxygen atoms in total. The third kappa shape index (κ3) is 3.49. The molecule has 0 saturated carbocycles. The summed E-state index contributed by atoms with van der Waals surface area (Å²) in [5, 5.41) is 13.6. The van der Waals surface area contributed by atoms with Gasteiger partial charge in [-0.3, -0.25) is 19.3 Å². The third-order valence-electron chi connectivity index (χ3n) is 3.69. The molecule has 26 heavy (non-hydrogen) atoms. The van der Waals surface area contributed by atoms with Crippen LogP contribution in [-0.4, -0.2) is 26.3 Å². The Bertz CT molecular complexity index is 977. The van der Waals surface area contributed by atoms with E-state index in [1.165, 1.54) is 24.3 Å². The highest BCUT2D eigenvalue weighted by molar-refractivity contribution is 5.94. The minimum Gasteiger partial charge on any atom is -0.457 e. The number of nitrogens with zero attached hydrogens (tertiary/aromatic N) is 3. The lowest BCUT2D eigenvalue weighted by Crippen LogP contribution is -2.31. The Hall–Kier alpha value is -3.42. The summed E-state index contributed by atoms with van der Waals surface area (Å²) in [5.74, 6) is 0.808. The zero-order valence-corrected chi connectivity index (χ0v) is 14.6. The molecule has 1 N–H and O–H groups in total. The van der Waals surface area contributed by atoms with E-state index in [-0.39, 0.29) is 17.6 Å². The van der Waals surface area contributed by atoms with Gasteiger partial charge in [-0.15, -0.1) is 0 Å². The van der Waals surface area contributed by atoms with Gasteiger partial charge in [0.05, 0.1) is 10.6 Å². The van der Waals surface area contributed by atoms with Crippen LogP contribution in [0.1, 0.15) is 30.0 Å². The fraction of sp³-hybridized carbons (Fsp3) is 0.222. The van der Waals surface area contributed by atoms with Crippen molar-refractivity contribution in [2.24, 2.45) is 0 Å². The number of benzene rings is 1. The number of nitro benzene ring substituents is 1. The largest absolute Gasteiger partial charge is 0.457 e. The van der Waals surface area contributed by atoms with Crippen LogP contribution in [0, 0.1) is 17.0 Å². The number of hydrogen-bond acceptors (Lipinski definition) is 5. The summed E-state index contributed by atoms with van der Waals surface area (Å²) in [7, 11) is 0. The lowest BCUT2D eigenvalue weighted by molar-refractivity contribution is -0.384. The second-order valence-corrected chi connectivity index (χ2v) is 6.12. The number of nitro groups is 1. The Morgan fingerprint density at radius 3 is 2.54 bits per heavy atom. The Kier molecular flexibility index (Phi) is 4.57. The maximum absolute atomic E-state index is 12.4. The molecule has 3 rings (SSSR count). The van der Waals surface area contributed by atoms with Crippen molar-refractivity contribution in [3.05, 3.63) is 64.1 Å². The van der Waals surface area contributed by atoms with Crippen LogP contribution in [0.25, 0.3) is 5.65 Å². The zero-order valence-electron chi connectivity index (χ0n) is 14.6. The van der Waals surface area contributed by atoms with Crippen molar-refractivity contribution in [3.63, 3.8) is 0 Å². The van der Waals surface area contributed by atoms with E-state index in [0.29, 0.717) is 28.5 Å². The van der Waals surface area contributed by atoms with Crippen molar-refractivity contribution in [2.45, 2.75) is 26.8 Å². The van der Waals surface area contributed by atoms with Gasteiger partial charge in [-0.25, -0.2) is 4.98 Å². The summed E-state index contributed by atoms with van der Waals surface area (Å²) in [6, 6.07) is 9.25. The van der Waals surface area contributed by atoms with Gasteiger partial charge in [-0.05, 0) is 39.0 Å². The van der Waals surface area contributed by atoms with Gasteiger partial charge >= 0.3 is 0 Å². The van der Waals surface area contributed by atoms with Crippen LogP contribution in [0.15, 0.2) is 42.6 Å². The van der Waals surface area contributed by atoms with E-state index in [9.17, 15) is 14.9 Å². The molecule has 0 atom stereocenters. The van der Waals surface area contributed by atoms with Gasteiger partial charge in [0.1, 0.15) is 22.8 Å². The molecule has 0 bridgehead atoms.